The van der Waals surface area contributed by atoms with Gasteiger partial charge in [-0.15, -0.1) is 0 Å². The molecule has 2 amide bonds. The molecule has 0 spiro atoms. The third-order valence-corrected chi connectivity index (χ3v) is 6.01. The highest BCUT2D eigenvalue weighted by Gasteiger charge is 2.36. The highest BCUT2D eigenvalue weighted by molar-refractivity contribution is 6.01. The second-order valence-electron chi connectivity index (χ2n) is 8.73. The Morgan fingerprint density at radius 3 is 2.34 bits per heavy atom. The van der Waals surface area contributed by atoms with E-state index in [4.69, 9.17) is 14.2 Å². The SMILES string of the molecule is CCCCCCCCCCOC(=O)CC1C(=O)NCCN1C(=O)c1ccc(OCC)cc1OCC. The number of ether oxygens (including phenoxy) is 3. The van der Waals surface area contributed by atoms with Crippen molar-refractivity contribution in [3.8, 4) is 11.5 Å². The Balaban J connectivity index is 1.92. The molecule has 196 valence electrons. The van der Waals surface area contributed by atoms with E-state index in [2.05, 4.69) is 12.2 Å². The summed E-state index contributed by atoms with van der Waals surface area (Å²) < 4.78 is 16.6. The van der Waals surface area contributed by atoms with Crippen molar-refractivity contribution in [3.05, 3.63) is 23.8 Å². The quantitative estimate of drug-likeness (QED) is 0.271. The summed E-state index contributed by atoms with van der Waals surface area (Å²) in [6, 6.07) is 4.11. The van der Waals surface area contributed by atoms with E-state index in [0.717, 1.165) is 19.3 Å². The smallest absolute Gasteiger partial charge is 0.308 e. The number of hydrogen-bond acceptors (Lipinski definition) is 6. The van der Waals surface area contributed by atoms with Crippen LogP contribution in [0.1, 0.15) is 88.9 Å². The molecule has 1 fully saturated rings. The second kappa shape index (κ2) is 16.0. The number of esters is 1. The summed E-state index contributed by atoms with van der Waals surface area (Å²) in [7, 11) is 0. The first-order valence-electron chi connectivity index (χ1n) is 13.2. The molecule has 8 heteroatoms. The van der Waals surface area contributed by atoms with Crippen molar-refractivity contribution in [1.29, 1.82) is 0 Å². The minimum atomic E-state index is -0.914. The van der Waals surface area contributed by atoms with Gasteiger partial charge in [0.15, 0.2) is 0 Å². The van der Waals surface area contributed by atoms with Crippen molar-refractivity contribution in [2.75, 3.05) is 32.9 Å². The van der Waals surface area contributed by atoms with Crippen molar-refractivity contribution in [3.63, 3.8) is 0 Å². The van der Waals surface area contributed by atoms with Gasteiger partial charge in [-0.05, 0) is 32.4 Å². The van der Waals surface area contributed by atoms with E-state index in [1.165, 1.54) is 37.0 Å². The zero-order chi connectivity index (χ0) is 25.5. The lowest BCUT2D eigenvalue weighted by Crippen LogP contribution is -2.57. The Kier molecular flexibility index (Phi) is 13.0. The third kappa shape index (κ3) is 9.42. The number of carbonyl (C=O) groups is 3. The molecule has 1 aliphatic heterocycles. The highest BCUT2D eigenvalue weighted by atomic mass is 16.5. The summed E-state index contributed by atoms with van der Waals surface area (Å²) in [6.07, 6.45) is 9.08. The Morgan fingerprint density at radius 2 is 1.66 bits per heavy atom. The Morgan fingerprint density at radius 1 is 0.971 bits per heavy atom. The fourth-order valence-corrected chi connectivity index (χ4v) is 4.16. The number of hydrogen-bond donors (Lipinski definition) is 1. The minimum Gasteiger partial charge on any atom is -0.494 e. The van der Waals surface area contributed by atoms with Gasteiger partial charge >= 0.3 is 5.97 Å². The molecule has 1 atom stereocenters. The summed E-state index contributed by atoms with van der Waals surface area (Å²) in [5, 5.41) is 2.75. The number of piperazine rings is 1. The van der Waals surface area contributed by atoms with Crippen LogP contribution in [-0.2, 0) is 14.3 Å². The Hall–Kier alpha value is -2.77. The van der Waals surface area contributed by atoms with Gasteiger partial charge in [0.1, 0.15) is 17.5 Å². The van der Waals surface area contributed by atoms with Crippen LogP contribution in [0.4, 0.5) is 0 Å². The monoisotopic (exact) mass is 490 g/mol. The van der Waals surface area contributed by atoms with Gasteiger partial charge in [0.05, 0.1) is 31.8 Å². The molecule has 0 aliphatic carbocycles. The largest absolute Gasteiger partial charge is 0.494 e. The number of rotatable bonds is 16. The van der Waals surface area contributed by atoms with Crippen molar-refractivity contribution in [1.82, 2.24) is 10.2 Å². The van der Waals surface area contributed by atoms with Crippen LogP contribution >= 0.6 is 0 Å². The molecule has 1 aliphatic rings. The minimum absolute atomic E-state index is 0.171. The highest BCUT2D eigenvalue weighted by Crippen LogP contribution is 2.28. The van der Waals surface area contributed by atoms with E-state index in [9.17, 15) is 14.4 Å². The van der Waals surface area contributed by atoms with E-state index in [1.807, 2.05) is 13.8 Å². The number of amides is 2. The molecule has 0 radical (unpaired) electrons. The Labute approximate surface area is 209 Å². The molecule has 35 heavy (non-hydrogen) atoms. The second-order valence-corrected chi connectivity index (χ2v) is 8.73. The predicted molar refractivity (Wildman–Crippen MR) is 135 cm³/mol. The molecule has 0 saturated carbocycles. The fraction of sp³-hybridized carbons (Fsp3) is 0.667. The van der Waals surface area contributed by atoms with Crippen LogP contribution in [0.5, 0.6) is 11.5 Å². The van der Waals surface area contributed by atoms with Crippen LogP contribution in [0.2, 0.25) is 0 Å². The lowest BCUT2D eigenvalue weighted by Gasteiger charge is -2.35. The van der Waals surface area contributed by atoms with Gasteiger partial charge in [0.25, 0.3) is 5.91 Å². The number of carbonyl (C=O) groups excluding carboxylic acids is 3. The number of nitrogens with one attached hydrogen (secondary N) is 1. The Bertz CT molecular complexity index is 813. The average Bonchev–Trinajstić information content (AvgIpc) is 2.84. The zero-order valence-corrected chi connectivity index (χ0v) is 21.6. The average molecular weight is 491 g/mol. The molecular formula is C27H42N2O6. The first-order valence-corrected chi connectivity index (χ1v) is 13.2. The van der Waals surface area contributed by atoms with E-state index in [-0.39, 0.29) is 18.2 Å². The molecule has 1 unspecified atom stereocenters. The first kappa shape index (κ1) is 28.5. The maximum atomic E-state index is 13.4. The number of benzene rings is 1. The fourth-order valence-electron chi connectivity index (χ4n) is 4.16. The molecule has 1 N–H and O–H groups in total. The molecule has 1 saturated heterocycles. The van der Waals surface area contributed by atoms with E-state index >= 15 is 0 Å². The molecule has 1 heterocycles. The lowest BCUT2D eigenvalue weighted by molar-refractivity contribution is -0.147. The first-order chi connectivity index (χ1) is 17.0. The predicted octanol–water partition coefficient (Wildman–Crippen LogP) is 4.50. The number of unbranched alkanes of at least 4 members (excludes halogenated alkanes) is 7. The van der Waals surface area contributed by atoms with E-state index in [1.54, 1.807) is 18.2 Å². The number of nitrogens with zero attached hydrogens (tertiary/aromatic N) is 1. The molecule has 0 bridgehead atoms. The standard InChI is InChI=1S/C27H42N2O6/c1-4-7-8-9-10-11-12-13-18-35-25(30)20-23-26(31)28-16-17-29(23)27(32)22-15-14-21(33-5-2)19-24(22)34-6-3/h14-15,19,23H,4-13,16-18,20H2,1-3H3,(H,28,31). The lowest BCUT2D eigenvalue weighted by atomic mass is 10.1. The van der Waals surface area contributed by atoms with Gasteiger partial charge in [0, 0.05) is 19.2 Å². The van der Waals surface area contributed by atoms with Gasteiger partial charge < -0.3 is 24.4 Å². The van der Waals surface area contributed by atoms with Gasteiger partial charge in [-0.25, -0.2) is 0 Å². The van der Waals surface area contributed by atoms with E-state index < -0.39 is 12.0 Å². The van der Waals surface area contributed by atoms with Crippen LogP contribution in [0.15, 0.2) is 18.2 Å². The summed E-state index contributed by atoms with van der Waals surface area (Å²) in [6.45, 7) is 7.77. The van der Waals surface area contributed by atoms with Gasteiger partial charge in [-0.2, -0.15) is 0 Å². The third-order valence-electron chi connectivity index (χ3n) is 6.01. The molecule has 8 nitrogen and oxygen atoms in total. The van der Waals surface area contributed by atoms with Crippen molar-refractivity contribution in [2.24, 2.45) is 0 Å². The van der Waals surface area contributed by atoms with Gasteiger partial charge in [-0.3, -0.25) is 14.4 Å². The van der Waals surface area contributed by atoms with Crippen LogP contribution in [-0.4, -0.2) is 61.6 Å². The van der Waals surface area contributed by atoms with Crippen LogP contribution in [0.25, 0.3) is 0 Å². The van der Waals surface area contributed by atoms with Gasteiger partial charge in [0.2, 0.25) is 5.91 Å². The summed E-state index contributed by atoms with van der Waals surface area (Å²) in [5.74, 6) is -0.176. The normalized spacial score (nSPS) is 15.5. The molecule has 0 aromatic heterocycles. The summed E-state index contributed by atoms with van der Waals surface area (Å²) >= 11 is 0. The maximum Gasteiger partial charge on any atom is 0.308 e. The maximum absolute atomic E-state index is 13.4. The molecular weight excluding hydrogens is 448 g/mol. The van der Waals surface area contributed by atoms with Crippen molar-refractivity contribution in [2.45, 2.75) is 84.6 Å². The summed E-state index contributed by atoms with van der Waals surface area (Å²) in [4.78, 5) is 39.9. The van der Waals surface area contributed by atoms with Crippen LogP contribution in [0, 0.1) is 0 Å². The topological polar surface area (TPSA) is 94.2 Å². The van der Waals surface area contributed by atoms with Crippen molar-refractivity contribution >= 4 is 17.8 Å². The molecule has 2 rings (SSSR count). The van der Waals surface area contributed by atoms with E-state index in [0.29, 0.717) is 50.0 Å². The van der Waals surface area contributed by atoms with Crippen LogP contribution < -0.4 is 14.8 Å². The molecule has 1 aromatic carbocycles. The van der Waals surface area contributed by atoms with Crippen LogP contribution in [0.3, 0.4) is 0 Å². The molecule has 1 aromatic rings. The van der Waals surface area contributed by atoms with Crippen molar-refractivity contribution < 1.29 is 28.6 Å². The zero-order valence-electron chi connectivity index (χ0n) is 21.6. The summed E-state index contributed by atoms with van der Waals surface area (Å²) in [5.41, 5.74) is 0.335. The van der Waals surface area contributed by atoms with Gasteiger partial charge in [-0.1, -0.05) is 51.9 Å².